The molecule has 0 amide bonds. The Balaban J connectivity index is 2.20. The van der Waals surface area contributed by atoms with Crippen LogP contribution >= 0.6 is 0 Å². The van der Waals surface area contributed by atoms with Crippen molar-refractivity contribution in [2.24, 2.45) is 0 Å². The fourth-order valence-corrected chi connectivity index (χ4v) is 1.57. The molecular weight excluding hydrogens is 134 g/mol. The van der Waals surface area contributed by atoms with E-state index in [-0.39, 0.29) is 0 Å². The zero-order valence-electron chi connectivity index (χ0n) is 6.99. The third kappa shape index (κ3) is 1.01. The van der Waals surface area contributed by atoms with Crippen molar-refractivity contribution in [2.75, 3.05) is 4.90 Å². The predicted molar refractivity (Wildman–Crippen MR) is 47.8 cm³/mol. The van der Waals surface area contributed by atoms with E-state index < -0.39 is 0 Å². The maximum Gasteiger partial charge on any atom is 0.0466 e. The summed E-state index contributed by atoms with van der Waals surface area (Å²) in [5, 5.41) is 0. The minimum atomic E-state index is 0.734. The van der Waals surface area contributed by atoms with Gasteiger partial charge in [-0.2, -0.15) is 0 Å². The van der Waals surface area contributed by atoms with Crippen LogP contribution in [-0.4, -0.2) is 12.1 Å². The quantitative estimate of drug-likeness (QED) is 0.551. The second-order valence-electron chi connectivity index (χ2n) is 3.22. The molecule has 1 aromatic carbocycles. The summed E-state index contributed by atoms with van der Waals surface area (Å²) in [5.41, 5.74) is 1.35. The Hall–Kier alpha value is -0.980. The minimum Gasteiger partial charge on any atom is -0.362 e. The van der Waals surface area contributed by atoms with Crippen molar-refractivity contribution in [1.82, 2.24) is 0 Å². The molecule has 2 rings (SSSR count). The topological polar surface area (TPSA) is 3.01 Å². The first-order valence-electron chi connectivity index (χ1n) is 4.14. The normalized spacial score (nSPS) is 28.7. The zero-order chi connectivity index (χ0) is 7.84. The lowest BCUT2D eigenvalue weighted by atomic mass is 10.3. The van der Waals surface area contributed by atoms with Crippen LogP contribution in [0.3, 0.4) is 0 Å². The first-order chi connectivity index (χ1) is 5.30. The Kier molecular flexibility index (Phi) is 1.38. The number of para-hydroxylation sites is 1. The summed E-state index contributed by atoms with van der Waals surface area (Å²) in [4.78, 5) is 2.42. The molecule has 0 spiro atoms. The lowest BCUT2D eigenvalue weighted by Crippen LogP contribution is -1.95. The zero-order valence-corrected chi connectivity index (χ0v) is 6.99. The number of hydrogen-bond donors (Lipinski definition) is 0. The van der Waals surface area contributed by atoms with E-state index >= 15 is 0 Å². The first-order valence-corrected chi connectivity index (χ1v) is 4.14. The van der Waals surface area contributed by atoms with E-state index in [0.717, 1.165) is 12.1 Å². The fourth-order valence-electron chi connectivity index (χ4n) is 1.57. The van der Waals surface area contributed by atoms with Crippen molar-refractivity contribution in [3.8, 4) is 0 Å². The van der Waals surface area contributed by atoms with E-state index in [1.54, 1.807) is 0 Å². The molecule has 1 aliphatic heterocycles. The van der Waals surface area contributed by atoms with Gasteiger partial charge in [0.25, 0.3) is 0 Å². The largest absolute Gasteiger partial charge is 0.362 e. The highest BCUT2D eigenvalue weighted by atomic mass is 15.3. The van der Waals surface area contributed by atoms with Gasteiger partial charge in [-0.1, -0.05) is 18.2 Å². The summed E-state index contributed by atoms with van der Waals surface area (Å²) in [6.07, 6.45) is 0. The van der Waals surface area contributed by atoms with Crippen LogP contribution in [-0.2, 0) is 0 Å². The number of hydrogen-bond acceptors (Lipinski definition) is 1. The molecule has 2 atom stereocenters. The number of benzene rings is 1. The second kappa shape index (κ2) is 2.26. The Labute approximate surface area is 67.6 Å². The predicted octanol–water partition coefficient (Wildman–Crippen LogP) is 2.28. The average molecular weight is 147 g/mol. The molecule has 1 heterocycles. The molecule has 1 fully saturated rings. The standard InChI is InChI=1S/C10H13N/c1-8-9(2)11(8)10-6-4-3-5-7-10/h3-9H,1-2H3/t8-,9+,11?. The van der Waals surface area contributed by atoms with E-state index in [1.165, 1.54) is 5.69 Å². The molecule has 1 heteroatoms. The average Bonchev–Trinajstić information content (AvgIpc) is 2.62. The van der Waals surface area contributed by atoms with Gasteiger partial charge >= 0.3 is 0 Å². The van der Waals surface area contributed by atoms with Crippen LogP contribution < -0.4 is 4.90 Å². The third-order valence-corrected chi connectivity index (χ3v) is 2.54. The van der Waals surface area contributed by atoms with Crippen LogP contribution in [0.2, 0.25) is 0 Å². The van der Waals surface area contributed by atoms with Crippen LogP contribution in [0.4, 0.5) is 5.69 Å². The summed E-state index contributed by atoms with van der Waals surface area (Å²) in [7, 11) is 0. The Morgan fingerprint density at radius 2 is 1.55 bits per heavy atom. The molecule has 0 bridgehead atoms. The molecule has 58 valence electrons. The molecule has 1 aliphatic rings. The van der Waals surface area contributed by atoms with Gasteiger partial charge in [-0.25, -0.2) is 0 Å². The van der Waals surface area contributed by atoms with Crippen LogP contribution in [0, 0.1) is 0 Å². The smallest absolute Gasteiger partial charge is 0.0466 e. The second-order valence-corrected chi connectivity index (χ2v) is 3.22. The van der Waals surface area contributed by atoms with Gasteiger partial charge in [-0.15, -0.1) is 0 Å². The van der Waals surface area contributed by atoms with E-state index in [1.807, 2.05) is 0 Å². The molecule has 1 aromatic rings. The summed E-state index contributed by atoms with van der Waals surface area (Å²) < 4.78 is 0. The molecule has 0 radical (unpaired) electrons. The minimum absolute atomic E-state index is 0.734. The fraction of sp³-hybridized carbons (Fsp3) is 0.400. The maximum absolute atomic E-state index is 2.42. The Bertz CT molecular complexity index is 234. The molecule has 0 aliphatic carbocycles. The lowest BCUT2D eigenvalue weighted by molar-refractivity contribution is 1.05. The number of nitrogens with zero attached hydrogens (tertiary/aromatic N) is 1. The Morgan fingerprint density at radius 3 is 2.00 bits per heavy atom. The van der Waals surface area contributed by atoms with Gasteiger partial charge in [-0.3, -0.25) is 0 Å². The highest BCUT2D eigenvalue weighted by Gasteiger charge is 2.39. The van der Waals surface area contributed by atoms with Gasteiger partial charge in [0.1, 0.15) is 0 Å². The van der Waals surface area contributed by atoms with Crippen LogP contribution in [0.15, 0.2) is 30.3 Å². The van der Waals surface area contributed by atoms with Gasteiger partial charge in [0.15, 0.2) is 0 Å². The van der Waals surface area contributed by atoms with Crippen molar-refractivity contribution < 1.29 is 0 Å². The van der Waals surface area contributed by atoms with E-state index in [0.29, 0.717) is 0 Å². The molecule has 1 nitrogen and oxygen atoms in total. The Morgan fingerprint density at radius 1 is 1.00 bits per heavy atom. The summed E-state index contributed by atoms with van der Waals surface area (Å²) in [5.74, 6) is 0. The van der Waals surface area contributed by atoms with E-state index in [2.05, 4.69) is 49.1 Å². The summed E-state index contributed by atoms with van der Waals surface area (Å²) in [6, 6.07) is 12.0. The molecule has 0 saturated carbocycles. The summed E-state index contributed by atoms with van der Waals surface area (Å²) >= 11 is 0. The highest BCUT2D eigenvalue weighted by Crippen LogP contribution is 2.33. The van der Waals surface area contributed by atoms with Crippen molar-refractivity contribution >= 4 is 5.69 Å². The third-order valence-electron chi connectivity index (χ3n) is 2.54. The van der Waals surface area contributed by atoms with Crippen LogP contribution in [0.1, 0.15) is 13.8 Å². The van der Waals surface area contributed by atoms with Crippen molar-refractivity contribution in [2.45, 2.75) is 25.9 Å². The van der Waals surface area contributed by atoms with E-state index in [9.17, 15) is 0 Å². The van der Waals surface area contributed by atoms with Crippen LogP contribution in [0.5, 0.6) is 0 Å². The van der Waals surface area contributed by atoms with Gasteiger partial charge in [-0.05, 0) is 26.0 Å². The van der Waals surface area contributed by atoms with Crippen molar-refractivity contribution in [3.63, 3.8) is 0 Å². The van der Waals surface area contributed by atoms with Crippen molar-refractivity contribution in [3.05, 3.63) is 30.3 Å². The summed E-state index contributed by atoms with van der Waals surface area (Å²) in [6.45, 7) is 4.52. The molecule has 0 N–H and O–H groups in total. The maximum atomic E-state index is 2.42. The first kappa shape index (κ1) is 6.71. The van der Waals surface area contributed by atoms with Crippen molar-refractivity contribution in [1.29, 1.82) is 0 Å². The monoisotopic (exact) mass is 147 g/mol. The van der Waals surface area contributed by atoms with Crippen LogP contribution in [0.25, 0.3) is 0 Å². The molecule has 11 heavy (non-hydrogen) atoms. The number of rotatable bonds is 1. The molecule has 0 unspecified atom stereocenters. The van der Waals surface area contributed by atoms with E-state index in [4.69, 9.17) is 0 Å². The van der Waals surface area contributed by atoms with Gasteiger partial charge < -0.3 is 4.90 Å². The number of anilines is 1. The van der Waals surface area contributed by atoms with Gasteiger partial charge in [0.2, 0.25) is 0 Å². The lowest BCUT2D eigenvalue weighted by Gasteiger charge is -2.02. The van der Waals surface area contributed by atoms with Gasteiger partial charge in [0.05, 0.1) is 0 Å². The van der Waals surface area contributed by atoms with Gasteiger partial charge in [0, 0.05) is 17.8 Å². The molecule has 1 saturated heterocycles. The molecule has 0 aromatic heterocycles. The SMILES string of the molecule is C[C@@H]1[C@H](C)N1c1ccccc1. The highest BCUT2D eigenvalue weighted by molar-refractivity contribution is 5.55. The molecular formula is C10H13N.